The van der Waals surface area contributed by atoms with Crippen LogP contribution in [0.1, 0.15) is 22.8 Å². The summed E-state index contributed by atoms with van der Waals surface area (Å²) in [6.45, 7) is 1.78. The van der Waals surface area contributed by atoms with Crippen LogP contribution in [0.2, 0.25) is 0 Å². The zero-order chi connectivity index (χ0) is 21.9. The molecule has 0 fully saturated rings. The van der Waals surface area contributed by atoms with Crippen molar-refractivity contribution in [2.45, 2.75) is 13.3 Å². The van der Waals surface area contributed by atoms with Gasteiger partial charge in [-0.25, -0.2) is 4.79 Å². The van der Waals surface area contributed by atoms with E-state index in [0.29, 0.717) is 5.69 Å². The van der Waals surface area contributed by atoms with Gasteiger partial charge in [-0.3, -0.25) is 30.6 Å². The summed E-state index contributed by atoms with van der Waals surface area (Å²) in [4.78, 5) is 48.2. The van der Waals surface area contributed by atoms with Crippen molar-refractivity contribution in [3.63, 3.8) is 0 Å². The first kappa shape index (κ1) is 22.4. The molecule has 9 heteroatoms. The maximum Gasteiger partial charge on any atom is 0.411 e. The summed E-state index contributed by atoms with van der Waals surface area (Å²) < 4.78 is 9.47. The van der Waals surface area contributed by atoms with Crippen LogP contribution >= 0.6 is 0 Å². The minimum atomic E-state index is -1.11. The van der Waals surface area contributed by atoms with Gasteiger partial charge in [0, 0.05) is 11.3 Å². The summed E-state index contributed by atoms with van der Waals surface area (Å²) in [6, 6.07) is 14.9. The van der Waals surface area contributed by atoms with Crippen LogP contribution in [0, 0.1) is 5.92 Å². The lowest BCUT2D eigenvalue weighted by molar-refractivity contribution is -0.152. The van der Waals surface area contributed by atoms with Crippen molar-refractivity contribution in [3.05, 3.63) is 65.7 Å². The molecule has 1 atom stereocenters. The molecule has 0 heterocycles. The Morgan fingerprint density at radius 3 is 2.20 bits per heavy atom. The number of benzene rings is 2. The van der Waals surface area contributed by atoms with Crippen molar-refractivity contribution in [3.8, 4) is 0 Å². The number of rotatable bonds is 7. The van der Waals surface area contributed by atoms with Crippen molar-refractivity contribution >= 4 is 29.6 Å². The molecular weight excluding hydrogens is 390 g/mol. The first-order valence-corrected chi connectivity index (χ1v) is 9.20. The van der Waals surface area contributed by atoms with E-state index in [1.165, 1.54) is 31.4 Å². The number of ether oxygens (including phenoxy) is 2. The van der Waals surface area contributed by atoms with Crippen molar-refractivity contribution in [1.82, 2.24) is 10.9 Å². The number of hydrogen-bond donors (Lipinski definition) is 3. The number of hydrogen-bond acceptors (Lipinski definition) is 6. The van der Waals surface area contributed by atoms with Gasteiger partial charge in [0.05, 0.1) is 13.7 Å². The topological polar surface area (TPSA) is 123 Å². The Kier molecular flexibility index (Phi) is 8.37. The molecule has 2 aromatic carbocycles. The second-order valence-corrected chi connectivity index (χ2v) is 6.13. The maximum atomic E-state index is 12.5. The van der Waals surface area contributed by atoms with Gasteiger partial charge in [0.25, 0.3) is 11.8 Å². The molecule has 3 amide bonds. The number of anilines is 1. The lowest BCUT2D eigenvalue weighted by Crippen LogP contribution is -2.47. The Labute approximate surface area is 173 Å². The van der Waals surface area contributed by atoms with Crippen LogP contribution in [0.15, 0.2) is 54.6 Å². The molecule has 0 saturated carbocycles. The van der Waals surface area contributed by atoms with Gasteiger partial charge in [0.1, 0.15) is 5.92 Å². The predicted molar refractivity (Wildman–Crippen MR) is 108 cm³/mol. The standard InChI is InChI=1S/C21H23N3O6/c1-3-30-20(27)17(13-14-7-5-4-6-8-14)19(26)24-23-18(25)15-9-11-16(12-10-15)22-21(28)29-2/h4-12,17H,3,13H2,1-2H3,(H,22,28)(H,23,25)(H,24,26). The molecule has 30 heavy (non-hydrogen) atoms. The Bertz CT molecular complexity index is 883. The van der Waals surface area contributed by atoms with E-state index in [1.54, 1.807) is 31.2 Å². The quantitative estimate of drug-likeness (QED) is 0.363. The number of hydrazine groups is 1. The zero-order valence-corrected chi connectivity index (χ0v) is 16.6. The Morgan fingerprint density at radius 1 is 0.933 bits per heavy atom. The number of nitrogens with one attached hydrogen (secondary N) is 3. The average Bonchev–Trinajstić information content (AvgIpc) is 2.76. The average molecular weight is 413 g/mol. The summed E-state index contributed by atoms with van der Waals surface area (Å²) >= 11 is 0. The highest BCUT2D eigenvalue weighted by molar-refractivity contribution is 6.00. The lowest BCUT2D eigenvalue weighted by Gasteiger charge is -2.16. The largest absolute Gasteiger partial charge is 0.465 e. The molecule has 2 aromatic rings. The first-order chi connectivity index (χ1) is 14.4. The molecule has 0 radical (unpaired) electrons. The van der Waals surface area contributed by atoms with Crippen molar-refractivity contribution in [2.75, 3.05) is 19.0 Å². The lowest BCUT2D eigenvalue weighted by atomic mass is 9.99. The van der Waals surface area contributed by atoms with Crippen molar-refractivity contribution < 1.29 is 28.7 Å². The molecule has 158 valence electrons. The summed E-state index contributed by atoms with van der Waals surface area (Å²) in [5, 5.41) is 2.46. The number of methoxy groups -OCH3 is 1. The van der Waals surface area contributed by atoms with Crippen LogP contribution in [0.3, 0.4) is 0 Å². The smallest absolute Gasteiger partial charge is 0.411 e. The Morgan fingerprint density at radius 2 is 1.60 bits per heavy atom. The number of amides is 3. The van der Waals surface area contributed by atoms with Crippen LogP contribution in [-0.2, 0) is 25.5 Å². The highest BCUT2D eigenvalue weighted by Crippen LogP contribution is 2.12. The van der Waals surface area contributed by atoms with E-state index in [1.807, 2.05) is 6.07 Å². The third-order valence-corrected chi connectivity index (χ3v) is 4.05. The molecule has 0 aliphatic heterocycles. The number of carbonyl (C=O) groups excluding carboxylic acids is 4. The van der Waals surface area contributed by atoms with Gasteiger partial charge in [0.15, 0.2) is 0 Å². The van der Waals surface area contributed by atoms with E-state index >= 15 is 0 Å². The van der Waals surface area contributed by atoms with E-state index in [-0.39, 0.29) is 18.6 Å². The minimum Gasteiger partial charge on any atom is -0.465 e. The minimum absolute atomic E-state index is 0.134. The van der Waals surface area contributed by atoms with E-state index in [2.05, 4.69) is 20.9 Å². The Balaban J connectivity index is 1.98. The van der Waals surface area contributed by atoms with Crippen LogP contribution in [0.4, 0.5) is 10.5 Å². The molecule has 0 bridgehead atoms. The predicted octanol–water partition coefficient (Wildman–Crippen LogP) is 2.05. The molecule has 0 aliphatic rings. The van der Waals surface area contributed by atoms with Crippen LogP contribution in [0.25, 0.3) is 0 Å². The number of esters is 1. The van der Waals surface area contributed by atoms with Crippen LogP contribution in [-0.4, -0.2) is 37.6 Å². The van der Waals surface area contributed by atoms with Gasteiger partial charge in [-0.05, 0) is 43.2 Å². The van der Waals surface area contributed by atoms with Gasteiger partial charge >= 0.3 is 12.1 Å². The molecule has 0 aliphatic carbocycles. The molecule has 2 rings (SSSR count). The highest BCUT2D eigenvalue weighted by Gasteiger charge is 2.28. The molecule has 0 spiro atoms. The fraction of sp³-hybridized carbons (Fsp3) is 0.238. The first-order valence-electron chi connectivity index (χ1n) is 9.20. The third-order valence-electron chi connectivity index (χ3n) is 4.05. The second kappa shape index (κ2) is 11.2. The molecule has 0 aromatic heterocycles. The van der Waals surface area contributed by atoms with Gasteiger partial charge in [-0.2, -0.15) is 0 Å². The fourth-order valence-corrected chi connectivity index (χ4v) is 2.53. The molecule has 3 N–H and O–H groups in total. The van der Waals surface area contributed by atoms with E-state index in [0.717, 1.165) is 5.56 Å². The summed E-state index contributed by atoms with van der Waals surface area (Å²) in [6.07, 6.45) is -0.502. The summed E-state index contributed by atoms with van der Waals surface area (Å²) in [7, 11) is 1.24. The van der Waals surface area contributed by atoms with Crippen LogP contribution in [0.5, 0.6) is 0 Å². The van der Waals surface area contributed by atoms with Crippen LogP contribution < -0.4 is 16.2 Å². The molecular formula is C21H23N3O6. The fourth-order valence-electron chi connectivity index (χ4n) is 2.53. The molecule has 1 unspecified atom stereocenters. The maximum absolute atomic E-state index is 12.5. The summed E-state index contributed by atoms with van der Waals surface area (Å²) in [5.74, 6) is -3.06. The van der Waals surface area contributed by atoms with Gasteiger partial charge in [-0.15, -0.1) is 0 Å². The molecule has 9 nitrogen and oxygen atoms in total. The second-order valence-electron chi connectivity index (χ2n) is 6.13. The zero-order valence-electron chi connectivity index (χ0n) is 16.6. The summed E-state index contributed by atoms with van der Waals surface area (Å²) in [5.41, 5.74) is 6.00. The monoisotopic (exact) mass is 413 g/mol. The van der Waals surface area contributed by atoms with E-state index in [9.17, 15) is 19.2 Å². The van der Waals surface area contributed by atoms with E-state index in [4.69, 9.17) is 4.74 Å². The third kappa shape index (κ3) is 6.62. The highest BCUT2D eigenvalue weighted by atomic mass is 16.5. The van der Waals surface area contributed by atoms with Gasteiger partial charge < -0.3 is 9.47 Å². The Hall–Kier alpha value is -3.88. The molecule has 0 saturated heterocycles. The SMILES string of the molecule is CCOC(=O)C(Cc1ccccc1)C(=O)NNC(=O)c1ccc(NC(=O)OC)cc1. The van der Waals surface area contributed by atoms with E-state index < -0.39 is 29.8 Å². The number of carbonyl (C=O) groups is 4. The van der Waals surface area contributed by atoms with Crippen molar-refractivity contribution in [2.24, 2.45) is 5.92 Å². The van der Waals surface area contributed by atoms with Crippen molar-refractivity contribution in [1.29, 1.82) is 0 Å². The normalized spacial score (nSPS) is 11.0. The van der Waals surface area contributed by atoms with Gasteiger partial charge in [0.2, 0.25) is 0 Å². The van der Waals surface area contributed by atoms with Gasteiger partial charge in [-0.1, -0.05) is 30.3 Å².